The van der Waals surface area contributed by atoms with Crippen molar-refractivity contribution in [1.82, 2.24) is 25.5 Å². The molecule has 1 aromatic heterocycles. The smallest absolute Gasteiger partial charge is 0.209 e. The van der Waals surface area contributed by atoms with Crippen LogP contribution in [0, 0.1) is 0 Å². The Morgan fingerprint density at radius 2 is 2.32 bits per heavy atom. The Morgan fingerprint density at radius 1 is 1.42 bits per heavy atom. The molecule has 0 saturated heterocycles. The van der Waals surface area contributed by atoms with E-state index in [9.17, 15) is 0 Å². The monoisotopic (exact) mass is 341 g/mol. The second-order valence-corrected chi connectivity index (χ2v) is 6.07. The Hall–Kier alpha value is -0.920. The summed E-state index contributed by atoms with van der Waals surface area (Å²) in [7, 11) is 1.86. The van der Waals surface area contributed by atoms with Crippen molar-refractivity contribution < 1.29 is 0 Å². The van der Waals surface area contributed by atoms with Gasteiger partial charge in [0.2, 0.25) is 5.16 Å². The van der Waals surface area contributed by atoms with Crippen LogP contribution in [-0.4, -0.2) is 32.5 Å². The van der Waals surface area contributed by atoms with Gasteiger partial charge in [-0.3, -0.25) is 0 Å². The fourth-order valence-corrected chi connectivity index (χ4v) is 2.82. The lowest BCUT2D eigenvalue weighted by atomic mass is 10.2. The molecule has 7 heteroatoms. The van der Waals surface area contributed by atoms with Gasteiger partial charge in [0.15, 0.2) is 0 Å². The van der Waals surface area contributed by atoms with E-state index in [4.69, 9.17) is 0 Å². The Morgan fingerprint density at radius 3 is 3.05 bits per heavy atom. The summed E-state index contributed by atoms with van der Waals surface area (Å²) < 4.78 is 2.82. The van der Waals surface area contributed by atoms with E-state index in [1.807, 2.05) is 13.1 Å². The van der Waals surface area contributed by atoms with E-state index >= 15 is 0 Å². The van der Waals surface area contributed by atoms with Crippen molar-refractivity contribution in [1.29, 1.82) is 0 Å². The third-order valence-corrected chi connectivity index (χ3v) is 4.12. The van der Waals surface area contributed by atoms with Gasteiger partial charge in [-0.15, -0.1) is 5.10 Å². The van der Waals surface area contributed by atoms with E-state index in [1.165, 1.54) is 5.56 Å². The van der Waals surface area contributed by atoms with Crippen molar-refractivity contribution in [2.75, 3.05) is 12.3 Å². The molecule has 0 aliphatic carbocycles. The largest absolute Gasteiger partial charge is 0.313 e. The fraction of sp³-hybridized carbons (Fsp3) is 0.417. The molecule has 0 atom stereocenters. The summed E-state index contributed by atoms with van der Waals surface area (Å²) in [6, 6.07) is 8.35. The van der Waals surface area contributed by atoms with Crippen LogP contribution in [0.4, 0.5) is 0 Å². The molecule has 1 heterocycles. The van der Waals surface area contributed by atoms with Crippen LogP contribution in [0.1, 0.15) is 12.0 Å². The van der Waals surface area contributed by atoms with Crippen LogP contribution in [0.5, 0.6) is 0 Å². The molecule has 19 heavy (non-hydrogen) atoms. The molecule has 0 aliphatic rings. The number of tetrazole rings is 1. The van der Waals surface area contributed by atoms with Crippen molar-refractivity contribution in [2.24, 2.45) is 7.05 Å². The highest BCUT2D eigenvalue weighted by Crippen LogP contribution is 2.13. The van der Waals surface area contributed by atoms with Crippen LogP contribution < -0.4 is 5.32 Å². The van der Waals surface area contributed by atoms with Gasteiger partial charge in [0.25, 0.3) is 0 Å². The first kappa shape index (κ1) is 14.5. The van der Waals surface area contributed by atoms with Gasteiger partial charge < -0.3 is 5.32 Å². The number of benzene rings is 1. The normalized spacial score (nSPS) is 10.8. The Bertz CT molecular complexity index is 516. The summed E-state index contributed by atoms with van der Waals surface area (Å²) in [5.74, 6) is 1.01. The van der Waals surface area contributed by atoms with Crippen molar-refractivity contribution >= 4 is 27.7 Å². The highest BCUT2D eigenvalue weighted by atomic mass is 79.9. The average Bonchev–Trinajstić information content (AvgIpc) is 2.79. The van der Waals surface area contributed by atoms with E-state index in [0.717, 1.165) is 34.9 Å². The quantitative estimate of drug-likeness (QED) is 0.618. The maximum atomic E-state index is 3.93. The Balaban J connectivity index is 1.59. The molecule has 0 aliphatic heterocycles. The number of nitrogens with zero attached hydrogens (tertiary/aromatic N) is 4. The van der Waals surface area contributed by atoms with Crippen LogP contribution in [0.3, 0.4) is 0 Å². The first-order valence-electron chi connectivity index (χ1n) is 6.06. The van der Waals surface area contributed by atoms with Crippen LogP contribution in [-0.2, 0) is 13.6 Å². The zero-order valence-corrected chi connectivity index (χ0v) is 13.1. The third kappa shape index (κ3) is 4.93. The molecule has 0 bridgehead atoms. The van der Waals surface area contributed by atoms with Gasteiger partial charge in [0.1, 0.15) is 0 Å². The van der Waals surface area contributed by atoms with Gasteiger partial charge in [0.05, 0.1) is 0 Å². The molecule has 5 nitrogen and oxygen atoms in total. The second-order valence-electron chi connectivity index (χ2n) is 4.09. The molecule has 0 amide bonds. The standard InChI is InChI=1S/C12H16BrN5S/c1-18-12(15-16-17-18)19-7-3-6-14-9-10-4-2-5-11(13)8-10/h2,4-5,8,14H,3,6-7,9H2,1H3. The van der Waals surface area contributed by atoms with Gasteiger partial charge >= 0.3 is 0 Å². The molecule has 102 valence electrons. The predicted molar refractivity (Wildman–Crippen MR) is 80.0 cm³/mol. The number of aromatic nitrogens is 4. The number of thioether (sulfide) groups is 1. The Kier molecular flexibility index (Phi) is 5.81. The van der Waals surface area contributed by atoms with Gasteiger partial charge in [-0.2, -0.15) is 0 Å². The lowest BCUT2D eigenvalue weighted by molar-refractivity contribution is 0.661. The van der Waals surface area contributed by atoms with Crippen molar-refractivity contribution in [3.63, 3.8) is 0 Å². The van der Waals surface area contributed by atoms with Crippen molar-refractivity contribution in [3.05, 3.63) is 34.3 Å². The van der Waals surface area contributed by atoms with Crippen molar-refractivity contribution in [3.8, 4) is 0 Å². The molecule has 0 radical (unpaired) electrons. The minimum absolute atomic E-state index is 0.868. The molecule has 1 N–H and O–H groups in total. The lowest BCUT2D eigenvalue weighted by Gasteiger charge is -2.05. The number of aryl methyl sites for hydroxylation is 1. The van der Waals surface area contributed by atoms with Crippen LogP contribution >= 0.6 is 27.7 Å². The van der Waals surface area contributed by atoms with Crippen molar-refractivity contribution in [2.45, 2.75) is 18.1 Å². The number of hydrogen-bond donors (Lipinski definition) is 1. The highest BCUT2D eigenvalue weighted by molar-refractivity contribution is 9.10. The Labute approximate surface area is 125 Å². The summed E-state index contributed by atoms with van der Waals surface area (Å²) in [6.07, 6.45) is 1.09. The molecule has 0 unspecified atom stereocenters. The molecule has 0 fully saturated rings. The summed E-state index contributed by atoms with van der Waals surface area (Å²) in [6.45, 7) is 1.89. The van der Waals surface area contributed by atoms with Gasteiger partial charge in [-0.25, -0.2) is 4.68 Å². The number of nitrogens with one attached hydrogen (secondary N) is 1. The molecular weight excluding hydrogens is 326 g/mol. The predicted octanol–water partition coefficient (Wildman–Crippen LogP) is 2.24. The van der Waals surface area contributed by atoms with Crippen LogP contribution in [0.15, 0.2) is 33.9 Å². The minimum atomic E-state index is 0.868. The zero-order valence-electron chi connectivity index (χ0n) is 10.7. The molecule has 2 aromatic rings. The SMILES string of the molecule is Cn1nnnc1SCCCNCc1cccc(Br)c1. The summed E-state index contributed by atoms with van der Waals surface area (Å²) in [5, 5.41) is 15.6. The van der Waals surface area contributed by atoms with Crippen LogP contribution in [0.25, 0.3) is 0 Å². The summed E-state index contributed by atoms with van der Waals surface area (Å²) in [5.41, 5.74) is 1.29. The maximum absolute atomic E-state index is 3.93. The molecule has 1 aromatic carbocycles. The van der Waals surface area contributed by atoms with E-state index in [2.05, 4.69) is 55.0 Å². The minimum Gasteiger partial charge on any atom is -0.313 e. The van der Waals surface area contributed by atoms with Crippen LogP contribution in [0.2, 0.25) is 0 Å². The summed E-state index contributed by atoms with van der Waals surface area (Å²) >= 11 is 5.15. The number of hydrogen-bond acceptors (Lipinski definition) is 5. The van der Waals surface area contributed by atoms with E-state index in [-0.39, 0.29) is 0 Å². The molecule has 2 rings (SSSR count). The molecule has 0 spiro atoms. The maximum Gasteiger partial charge on any atom is 0.209 e. The summed E-state index contributed by atoms with van der Waals surface area (Å²) in [4.78, 5) is 0. The number of rotatable bonds is 7. The first-order valence-corrected chi connectivity index (χ1v) is 7.84. The average molecular weight is 342 g/mol. The van der Waals surface area contributed by atoms with Gasteiger partial charge in [0, 0.05) is 23.8 Å². The third-order valence-electron chi connectivity index (χ3n) is 2.53. The lowest BCUT2D eigenvalue weighted by Crippen LogP contribution is -2.15. The highest BCUT2D eigenvalue weighted by Gasteiger charge is 2.01. The van der Waals surface area contributed by atoms with Gasteiger partial charge in [-0.1, -0.05) is 39.8 Å². The van der Waals surface area contributed by atoms with E-state index < -0.39 is 0 Å². The van der Waals surface area contributed by atoms with E-state index in [0.29, 0.717) is 0 Å². The topological polar surface area (TPSA) is 55.6 Å². The van der Waals surface area contributed by atoms with E-state index in [1.54, 1.807) is 16.4 Å². The first-order chi connectivity index (χ1) is 9.25. The molecule has 0 saturated carbocycles. The zero-order chi connectivity index (χ0) is 13.5. The van der Waals surface area contributed by atoms with Gasteiger partial charge in [-0.05, 0) is 41.1 Å². The number of halogens is 1. The second kappa shape index (κ2) is 7.62. The molecular formula is C12H16BrN5S. The fourth-order valence-electron chi connectivity index (χ4n) is 1.58.